The molecule has 0 spiro atoms. The second kappa shape index (κ2) is 10.9. The third-order valence-electron chi connectivity index (χ3n) is 7.73. The summed E-state index contributed by atoms with van der Waals surface area (Å²) in [7, 11) is 0. The van der Waals surface area contributed by atoms with Crippen molar-refractivity contribution in [3.63, 3.8) is 0 Å². The lowest BCUT2D eigenvalue weighted by molar-refractivity contribution is 0.135. The summed E-state index contributed by atoms with van der Waals surface area (Å²) < 4.78 is 0. The summed E-state index contributed by atoms with van der Waals surface area (Å²) >= 11 is 0. The Labute approximate surface area is 172 Å². The lowest BCUT2D eigenvalue weighted by Gasteiger charge is -2.20. The van der Waals surface area contributed by atoms with E-state index in [0.717, 1.165) is 38.8 Å². The van der Waals surface area contributed by atoms with Crippen LogP contribution in [0.15, 0.2) is 23.8 Å². The topological polar surface area (TPSA) is 43.7 Å². The first-order valence-electron chi connectivity index (χ1n) is 12.1. The quantitative estimate of drug-likeness (QED) is 0.388. The van der Waals surface area contributed by atoms with Gasteiger partial charge in [-0.1, -0.05) is 56.9 Å². The zero-order valence-electron chi connectivity index (χ0n) is 18.2. The van der Waals surface area contributed by atoms with Gasteiger partial charge in [0.1, 0.15) is 0 Å². The smallest absolute Gasteiger partial charge is 0.0749 e. The van der Waals surface area contributed by atoms with Crippen molar-refractivity contribution in [2.45, 2.75) is 90.3 Å². The van der Waals surface area contributed by atoms with E-state index in [1.807, 2.05) is 6.08 Å². The minimum absolute atomic E-state index is 0.228. The van der Waals surface area contributed by atoms with Crippen molar-refractivity contribution in [1.29, 1.82) is 0 Å². The minimum Gasteiger partial charge on any atom is -0.392 e. The van der Waals surface area contributed by atoms with Crippen LogP contribution in [0.3, 0.4) is 0 Å². The largest absolute Gasteiger partial charge is 0.392 e. The van der Waals surface area contributed by atoms with E-state index >= 15 is 0 Å². The highest BCUT2D eigenvalue weighted by Gasteiger charge is 2.43. The van der Waals surface area contributed by atoms with Crippen LogP contribution in [0.25, 0.3) is 0 Å². The molecule has 2 fully saturated rings. The zero-order chi connectivity index (χ0) is 19.9. The zero-order valence-corrected chi connectivity index (χ0v) is 18.2. The number of aliphatic hydroxyl groups excluding tert-OH is 2. The molecule has 0 bridgehead atoms. The number of allylic oxidation sites excluding steroid dienone is 2. The molecule has 0 unspecified atom stereocenters. The maximum atomic E-state index is 10.5. The third kappa shape index (κ3) is 5.70. The summed E-state index contributed by atoms with van der Waals surface area (Å²) in [6, 6.07) is 0. The van der Waals surface area contributed by atoms with Crippen molar-refractivity contribution < 1.29 is 10.2 Å². The van der Waals surface area contributed by atoms with Crippen molar-refractivity contribution in [2.24, 2.45) is 23.7 Å². The van der Waals surface area contributed by atoms with Crippen molar-refractivity contribution in [2.75, 3.05) is 19.6 Å². The number of rotatable bonds is 11. The Bertz CT molecular complexity index is 519. The van der Waals surface area contributed by atoms with Gasteiger partial charge in [-0.25, -0.2) is 0 Å². The second-order valence-electron chi connectivity index (χ2n) is 9.49. The fraction of sp³-hybridized carbons (Fsp3) is 0.840. The van der Waals surface area contributed by atoms with Gasteiger partial charge < -0.3 is 15.1 Å². The van der Waals surface area contributed by atoms with Crippen LogP contribution in [0.5, 0.6) is 0 Å². The van der Waals surface area contributed by atoms with Crippen LogP contribution in [0.4, 0.5) is 0 Å². The van der Waals surface area contributed by atoms with Crippen molar-refractivity contribution >= 4 is 0 Å². The molecule has 2 N–H and O–H groups in total. The Morgan fingerprint density at radius 2 is 1.89 bits per heavy atom. The van der Waals surface area contributed by atoms with Crippen LogP contribution in [-0.2, 0) is 0 Å². The van der Waals surface area contributed by atoms with Crippen molar-refractivity contribution in [1.82, 2.24) is 4.90 Å². The van der Waals surface area contributed by atoms with Gasteiger partial charge in [-0.3, -0.25) is 0 Å². The van der Waals surface area contributed by atoms with Gasteiger partial charge in [0, 0.05) is 5.92 Å². The average molecular weight is 390 g/mol. The van der Waals surface area contributed by atoms with E-state index in [9.17, 15) is 10.2 Å². The van der Waals surface area contributed by atoms with Gasteiger partial charge in [0.15, 0.2) is 0 Å². The van der Waals surface area contributed by atoms with E-state index in [4.69, 9.17) is 0 Å². The number of unbranched alkanes of at least 4 members (excludes halogenated alkanes) is 2. The normalized spacial score (nSPS) is 31.8. The van der Waals surface area contributed by atoms with Gasteiger partial charge in [0.25, 0.3) is 0 Å². The molecular formula is C25H43NO2. The Balaban J connectivity index is 1.41. The Morgan fingerprint density at radius 3 is 2.61 bits per heavy atom. The minimum atomic E-state index is -0.312. The Hall–Kier alpha value is -0.640. The molecule has 0 aromatic rings. The highest BCUT2D eigenvalue weighted by molar-refractivity contribution is 5.21. The van der Waals surface area contributed by atoms with Gasteiger partial charge in [0.05, 0.1) is 12.2 Å². The maximum Gasteiger partial charge on any atom is 0.0749 e. The molecule has 0 heterocycles. The van der Waals surface area contributed by atoms with Crippen LogP contribution in [0.2, 0.25) is 0 Å². The summed E-state index contributed by atoms with van der Waals surface area (Å²) in [6.07, 6.45) is 18.2. The molecule has 3 aliphatic carbocycles. The molecule has 3 rings (SSSR count). The fourth-order valence-corrected chi connectivity index (χ4v) is 5.89. The first kappa shape index (κ1) is 22.1. The maximum absolute atomic E-state index is 10.5. The van der Waals surface area contributed by atoms with E-state index < -0.39 is 0 Å². The predicted molar refractivity (Wildman–Crippen MR) is 117 cm³/mol. The molecule has 0 radical (unpaired) electrons. The molecule has 3 aliphatic rings. The molecule has 2 saturated carbocycles. The van der Waals surface area contributed by atoms with E-state index in [0.29, 0.717) is 17.8 Å². The molecule has 3 heteroatoms. The molecule has 0 aliphatic heterocycles. The first-order chi connectivity index (χ1) is 13.6. The van der Waals surface area contributed by atoms with Gasteiger partial charge in [0.2, 0.25) is 0 Å². The molecule has 0 saturated heterocycles. The molecule has 160 valence electrons. The standard InChI is InChI=1S/C25H43NO2/c1-3-26(4-2)15-9-5-6-10-19-16-21-18-25(28)22(23(21)17-19)13-14-24(27)20-11-7-8-12-20/h13-14,16,20-25,27-28H,3-12,15,17-18H2,1-2H3/b14-13+/t21-,22+,23-,24+,25+/m0/s1. The Morgan fingerprint density at radius 1 is 1.14 bits per heavy atom. The Kier molecular flexibility index (Phi) is 8.62. The molecule has 0 amide bonds. The fourth-order valence-electron chi connectivity index (χ4n) is 5.89. The number of hydrogen-bond donors (Lipinski definition) is 2. The highest BCUT2D eigenvalue weighted by atomic mass is 16.3. The number of fused-ring (bicyclic) bond motifs is 1. The predicted octanol–water partition coefficient (Wildman–Crippen LogP) is 4.94. The van der Waals surface area contributed by atoms with E-state index in [1.165, 1.54) is 45.1 Å². The summed E-state index contributed by atoms with van der Waals surface area (Å²) in [5.74, 6) is 1.79. The lowest BCUT2D eigenvalue weighted by atomic mass is 9.88. The lowest BCUT2D eigenvalue weighted by Crippen LogP contribution is -2.23. The number of nitrogens with zero attached hydrogens (tertiary/aromatic N) is 1. The first-order valence-corrected chi connectivity index (χ1v) is 12.1. The van der Waals surface area contributed by atoms with Gasteiger partial charge in [-0.05, 0) is 82.3 Å². The van der Waals surface area contributed by atoms with Gasteiger partial charge in [-0.15, -0.1) is 0 Å². The highest BCUT2D eigenvalue weighted by Crippen LogP contribution is 2.48. The molecular weight excluding hydrogens is 346 g/mol. The van der Waals surface area contributed by atoms with E-state index in [2.05, 4.69) is 30.9 Å². The van der Waals surface area contributed by atoms with Crippen molar-refractivity contribution in [3.05, 3.63) is 23.8 Å². The average Bonchev–Trinajstić information content (AvgIpc) is 3.40. The van der Waals surface area contributed by atoms with Gasteiger partial charge in [-0.2, -0.15) is 0 Å². The number of hydrogen-bond acceptors (Lipinski definition) is 3. The molecule has 0 aromatic heterocycles. The van der Waals surface area contributed by atoms with Crippen LogP contribution >= 0.6 is 0 Å². The molecule has 5 atom stereocenters. The van der Waals surface area contributed by atoms with Gasteiger partial charge >= 0.3 is 0 Å². The summed E-state index contributed by atoms with van der Waals surface area (Å²) in [6.45, 7) is 8.06. The third-order valence-corrected chi connectivity index (χ3v) is 7.73. The second-order valence-corrected chi connectivity index (χ2v) is 9.49. The van der Waals surface area contributed by atoms with Crippen LogP contribution in [0.1, 0.15) is 78.1 Å². The monoisotopic (exact) mass is 389 g/mol. The van der Waals surface area contributed by atoms with E-state index in [-0.39, 0.29) is 18.1 Å². The summed E-state index contributed by atoms with van der Waals surface area (Å²) in [4.78, 5) is 2.51. The summed E-state index contributed by atoms with van der Waals surface area (Å²) in [5, 5.41) is 21.0. The molecule has 28 heavy (non-hydrogen) atoms. The van der Waals surface area contributed by atoms with E-state index in [1.54, 1.807) is 5.57 Å². The van der Waals surface area contributed by atoms with Crippen LogP contribution in [-0.4, -0.2) is 47.0 Å². The van der Waals surface area contributed by atoms with Crippen LogP contribution < -0.4 is 0 Å². The SMILES string of the molecule is CCN(CC)CCCCCC1=C[C@H]2C[C@@H](O)[C@H](/C=C/[C@@H](O)C3CCCC3)[C@H]2C1. The van der Waals surface area contributed by atoms with Crippen LogP contribution in [0, 0.1) is 23.7 Å². The molecule has 3 nitrogen and oxygen atoms in total. The van der Waals surface area contributed by atoms with Crippen molar-refractivity contribution in [3.8, 4) is 0 Å². The number of aliphatic hydroxyl groups is 2. The molecule has 0 aromatic carbocycles. The summed E-state index contributed by atoms with van der Waals surface area (Å²) in [5.41, 5.74) is 1.62.